The number of aryl methyl sites for hydroxylation is 1. The Morgan fingerprint density at radius 3 is 2.54 bits per heavy atom. The van der Waals surface area contributed by atoms with E-state index in [1.807, 2.05) is 19.9 Å². The number of phenolic OH excluding ortho intramolecular Hbond substituents is 1. The molecule has 0 spiro atoms. The maximum absolute atomic E-state index is 12.6. The smallest absolute Gasteiger partial charge is 0.228 e. The molecular formula is C22H21Cl2NO3. The zero-order valence-electron chi connectivity index (χ0n) is 15.9. The normalized spacial score (nSPS) is 11.2. The summed E-state index contributed by atoms with van der Waals surface area (Å²) in [5.41, 5.74) is 2.86. The van der Waals surface area contributed by atoms with Crippen LogP contribution in [-0.2, 0) is 17.6 Å². The fourth-order valence-corrected chi connectivity index (χ4v) is 3.51. The number of nitrogens with zero attached hydrogens (tertiary/aromatic N) is 1. The van der Waals surface area contributed by atoms with Crippen molar-refractivity contribution < 1.29 is 14.3 Å². The number of ketones is 1. The van der Waals surface area contributed by atoms with Gasteiger partial charge < -0.3 is 9.52 Å². The molecular weight excluding hydrogens is 397 g/mol. The van der Waals surface area contributed by atoms with Gasteiger partial charge in [0.15, 0.2) is 0 Å². The first-order chi connectivity index (χ1) is 13.2. The molecule has 0 saturated heterocycles. The topological polar surface area (TPSA) is 63.3 Å². The van der Waals surface area contributed by atoms with Crippen molar-refractivity contribution in [3.05, 3.63) is 69.0 Å². The fourth-order valence-electron chi connectivity index (χ4n) is 3.02. The summed E-state index contributed by atoms with van der Waals surface area (Å²) in [5.74, 6) is 1.38. The summed E-state index contributed by atoms with van der Waals surface area (Å²) in [6.07, 6.45) is 0.435. The molecule has 4 nitrogen and oxygen atoms in total. The molecule has 1 aromatic heterocycles. The van der Waals surface area contributed by atoms with Crippen molar-refractivity contribution in [1.82, 2.24) is 4.98 Å². The molecule has 1 heterocycles. The van der Waals surface area contributed by atoms with Crippen molar-refractivity contribution in [3.8, 4) is 17.2 Å². The van der Waals surface area contributed by atoms with Gasteiger partial charge in [-0.1, -0.05) is 49.2 Å². The summed E-state index contributed by atoms with van der Waals surface area (Å²) < 4.78 is 5.94. The molecule has 3 aromatic rings. The number of benzene rings is 2. The molecule has 0 aliphatic rings. The van der Waals surface area contributed by atoms with E-state index in [0.29, 0.717) is 33.0 Å². The summed E-state index contributed by atoms with van der Waals surface area (Å²) in [6, 6.07) is 10.3. The van der Waals surface area contributed by atoms with Gasteiger partial charge in [0.1, 0.15) is 17.3 Å². The lowest BCUT2D eigenvalue weighted by molar-refractivity contribution is -0.117. The van der Waals surface area contributed by atoms with Crippen LogP contribution in [0.1, 0.15) is 42.3 Å². The summed E-state index contributed by atoms with van der Waals surface area (Å²) in [5, 5.41) is 10.6. The summed E-state index contributed by atoms with van der Waals surface area (Å²) in [7, 11) is 0. The average Bonchev–Trinajstić information content (AvgIpc) is 3.01. The van der Waals surface area contributed by atoms with Gasteiger partial charge in [-0.05, 0) is 42.3 Å². The van der Waals surface area contributed by atoms with Gasteiger partial charge in [0, 0.05) is 17.4 Å². The third kappa shape index (κ3) is 4.57. The van der Waals surface area contributed by atoms with Crippen LogP contribution in [0.5, 0.6) is 5.75 Å². The van der Waals surface area contributed by atoms with Gasteiger partial charge in [-0.25, -0.2) is 4.98 Å². The Bertz CT molecular complexity index is 1020. The quantitative estimate of drug-likeness (QED) is 0.522. The summed E-state index contributed by atoms with van der Waals surface area (Å²) in [6.45, 7) is 5.79. The lowest BCUT2D eigenvalue weighted by Crippen LogP contribution is -2.09. The number of rotatable bonds is 6. The largest absolute Gasteiger partial charge is 0.508 e. The van der Waals surface area contributed by atoms with Crippen molar-refractivity contribution >= 4 is 29.0 Å². The van der Waals surface area contributed by atoms with E-state index in [1.165, 1.54) is 0 Å². The van der Waals surface area contributed by atoms with E-state index in [0.717, 1.165) is 11.1 Å². The van der Waals surface area contributed by atoms with Gasteiger partial charge in [-0.2, -0.15) is 0 Å². The van der Waals surface area contributed by atoms with E-state index in [4.69, 9.17) is 27.6 Å². The first-order valence-corrected chi connectivity index (χ1v) is 9.75. The SMILES string of the molecule is Cc1cc(CC(=O)Cc2nc(-c3ccc(Cl)cc3Cl)oc2C(C)C)ccc1O. The summed E-state index contributed by atoms with van der Waals surface area (Å²) >= 11 is 12.2. The molecule has 146 valence electrons. The van der Waals surface area contributed by atoms with E-state index < -0.39 is 0 Å². The van der Waals surface area contributed by atoms with Crippen LogP contribution >= 0.6 is 23.2 Å². The first-order valence-electron chi connectivity index (χ1n) is 8.99. The lowest BCUT2D eigenvalue weighted by atomic mass is 10.0. The zero-order chi connectivity index (χ0) is 20.4. The highest BCUT2D eigenvalue weighted by molar-refractivity contribution is 6.36. The highest BCUT2D eigenvalue weighted by Gasteiger charge is 2.21. The first kappa shape index (κ1) is 20.4. The highest BCUT2D eigenvalue weighted by atomic mass is 35.5. The predicted octanol–water partition coefficient (Wildman–Crippen LogP) is 6.14. The fraction of sp³-hybridized carbons (Fsp3) is 0.273. The highest BCUT2D eigenvalue weighted by Crippen LogP contribution is 2.33. The number of oxazole rings is 1. The molecule has 6 heteroatoms. The maximum atomic E-state index is 12.6. The molecule has 1 N–H and O–H groups in total. The van der Waals surface area contributed by atoms with Crippen LogP contribution in [-0.4, -0.2) is 15.9 Å². The second kappa shape index (κ2) is 8.38. The second-order valence-electron chi connectivity index (χ2n) is 7.12. The van der Waals surface area contributed by atoms with Crippen LogP contribution in [0.2, 0.25) is 10.0 Å². The van der Waals surface area contributed by atoms with Gasteiger partial charge in [-0.15, -0.1) is 0 Å². The minimum atomic E-state index is 0.0223. The van der Waals surface area contributed by atoms with E-state index in [9.17, 15) is 9.90 Å². The van der Waals surface area contributed by atoms with E-state index in [2.05, 4.69) is 4.98 Å². The van der Waals surface area contributed by atoms with Crippen molar-refractivity contribution in [2.75, 3.05) is 0 Å². The van der Waals surface area contributed by atoms with Gasteiger partial charge >= 0.3 is 0 Å². The Balaban J connectivity index is 1.85. The van der Waals surface area contributed by atoms with Crippen molar-refractivity contribution in [3.63, 3.8) is 0 Å². The molecule has 0 bridgehead atoms. The van der Waals surface area contributed by atoms with Gasteiger partial charge in [-0.3, -0.25) is 4.79 Å². The molecule has 0 unspecified atom stereocenters. The number of carbonyl (C=O) groups excluding carboxylic acids is 1. The van der Waals surface area contributed by atoms with Crippen LogP contribution in [0, 0.1) is 6.92 Å². The second-order valence-corrected chi connectivity index (χ2v) is 7.97. The Kier molecular flexibility index (Phi) is 6.11. The van der Waals surface area contributed by atoms with E-state index in [1.54, 1.807) is 37.3 Å². The number of carbonyl (C=O) groups is 1. The van der Waals surface area contributed by atoms with Gasteiger partial charge in [0.25, 0.3) is 0 Å². The number of hydrogen-bond acceptors (Lipinski definition) is 4. The van der Waals surface area contributed by atoms with E-state index in [-0.39, 0.29) is 30.3 Å². The van der Waals surface area contributed by atoms with Crippen LogP contribution in [0.25, 0.3) is 11.5 Å². The molecule has 0 saturated carbocycles. The Labute approximate surface area is 174 Å². The molecule has 0 atom stereocenters. The number of hydrogen-bond donors (Lipinski definition) is 1. The maximum Gasteiger partial charge on any atom is 0.228 e. The number of Topliss-reactive ketones (excluding diaryl/α,β-unsaturated/α-hetero) is 1. The van der Waals surface area contributed by atoms with Crippen molar-refractivity contribution in [2.45, 2.75) is 39.5 Å². The van der Waals surface area contributed by atoms with Crippen LogP contribution in [0.3, 0.4) is 0 Å². The zero-order valence-corrected chi connectivity index (χ0v) is 17.4. The third-order valence-corrected chi connectivity index (χ3v) is 4.99. The number of phenols is 1. The minimum Gasteiger partial charge on any atom is -0.508 e. The average molecular weight is 418 g/mol. The van der Waals surface area contributed by atoms with Crippen LogP contribution < -0.4 is 0 Å². The molecule has 0 aliphatic heterocycles. The number of aromatic nitrogens is 1. The number of aromatic hydroxyl groups is 1. The van der Waals surface area contributed by atoms with Crippen LogP contribution in [0.15, 0.2) is 40.8 Å². The molecule has 0 amide bonds. The minimum absolute atomic E-state index is 0.0223. The predicted molar refractivity (Wildman–Crippen MR) is 111 cm³/mol. The van der Waals surface area contributed by atoms with Crippen molar-refractivity contribution in [2.24, 2.45) is 0 Å². The summed E-state index contributed by atoms with van der Waals surface area (Å²) in [4.78, 5) is 17.2. The Morgan fingerprint density at radius 2 is 1.89 bits per heavy atom. The molecule has 3 rings (SSSR count). The Hall–Kier alpha value is -2.30. The van der Waals surface area contributed by atoms with E-state index >= 15 is 0 Å². The van der Waals surface area contributed by atoms with Crippen LogP contribution in [0.4, 0.5) is 0 Å². The molecule has 0 fully saturated rings. The standard InChI is InChI=1S/C22H21Cl2NO3/c1-12(2)21-19(11-16(26)9-14-4-7-20(27)13(3)8-14)25-22(28-21)17-6-5-15(23)10-18(17)24/h4-8,10,12,27H,9,11H2,1-3H3. The molecule has 2 aromatic carbocycles. The molecule has 28 heavy (non-hydrogen) atoms. The lowest BCUT2D eigenvalue weighted by Gasteiger charge is -2.05. The van der Waals surface area contributed by atoms with Crippen molar-refractivity contribution in [1.29, 1.82) is 0 Å². The molecule has 0 radical (unpaired) electrons. The van der Waals surface area contributed by atoms with Gasteiger partial charge in [0.05, 0.1) is 22.7 Å². The monoisotopic (exact) mass is 417 g/mol. The number of halogens is 2. The Morgan fingerprint density at radius 1 is 1.14 bits per heavy atom. The third-order valence-electron chi connectivity index (χ3n) is 4.44. The van der Waals surface area contributed by atoms with Gasteiger partial charge in [0.2, 0.25) is 5.89 Å². The molecule has 0 aliphatic carbocycles.